The van der Waals surface area contributed by atoms with Gasteiger partial charge >= 0.3 is 0 Å². The number of nitrogens with one attached hydrogen (secondary N) is 2. The first-order valence-corrected chi connectivity index (χ1v) is 9.50. The second kappa shape index (κ2) is 9.78. The molecule has 5 heteroatoms. The molecule has 2 rings (SSSR count). The zero-order chi connectivity index (χ0) is 16.5. The van der Waals surface area contributed by atoms with Crippen molar-refractivity contribution in [1.82, 2.24) is 15.5 Å². The first-order chi connectivity index (χ1) is 11.2. The van der Waals surface area contributed by atoms with E-state index in [1.165, 1.54) is 38.5 Å². The Labute approximate surface area is 141 Å². The molecule has 1 saturated heterocycles. The van der Waals surface area contributed by atoms with Gasteiger partial charge in [0, 0.05) is 38.6 Å². The Bertz CT molecular complexity index is 390. The monoisotopic (exact) mass is 322 g/mol. The number of likely N-dealkylation sites (tertiary alicyclic amines) is 1. The summed E-state index contributed by atoms with van der Waals surface area (Å²) in [5.41, 5.74) is 0. The van der Waals surface area contributed by atoms with Crippen molar-refractivity contribution < 1.29 is 4.79 Å². The molecule has 1 heterocycles. The summed E-state index contributed by atoms with van der Waals surface area (Å²) in [5.74, 6) is 1.56. The Hall–Kier alpha value is -1.26. The molecular formula is C18H34N4O. The number of carbonyl (C=O) groups is 1. The maximum atomic E-state index is 12.5. The third kappa shape index (κ3) is 5.70. The van der Waals surface area contributed by atoms with Crippen LogP contribution in [0.15, 0.2) is 4.99 Å². The van der Waals surface area contributed by atoms with Gasteiger partial charge in [-0.05, 0) is 25.7 Å². The third-order valence-corrected chi connectivity index (χ3v) is 5.09. The fourth-order valence-corrected chi connectivity index (χ4v) is 3.66. The van der Waals surface area contributed by atoms with Gasteiger partial charge in [-0.25, -0.2) is 0 Å². The van der Waals surface area contributed by atoms with Gasteiger partial charge in [0.2, 0.25) is 5.91 Å². The number of guanidine groups is 1. The van der Waals surface area contributed by atoms with E-state index in [1.807, 2.05) is 7.05 Å². The summed E-state index contributed by atoms with van der Waals surface area (Å²) in [4.78, 5) is 18.8. The summed E-state index contributed by atoms with van der Waals surface area (Å²) >= 11 is 0. The number of unbranched alkanes of at least 4 members (excludes halogenated alkanes) is 3. The molecule has 23 heavy (non-hydrogen) atoms. The van der Waals surface area contributed by atoms with Crippen LogP contribution < -0.4 is 10.6 Å². The molecule has 0 radical (unpaired) electrons. The van der Waals surface area contributed by atoms with Crippen LogP contribution in [0.3, 0.4) is 0 Å². The molecule has 1 saturated carbocycles. The zero-order valence-corrected chi connectivity index (χ0v) is 14.9. The Morgan fingerprint density at radius 1 is 1.17 bits per heavy atom. The predicted molar refractivity (Wildman–Crippen MR) is 95.6 cm³/mol. The minimum atomic E-state index is 0.296. The molecule has 0 spiro atoms. The molecule has 1 atom stereocenters. The first-order valence-electron chi connectivity index (χ1n) is 9.50. The minimum absolute atomic E-state index is 0.296. The Morgan fingerprint density at radius 2 is 1.96 bits per heavy atom. The van der Waals surface area contributed by atoms with Gasteiger partial charge in [-0.3, -0.25) is 9.79 Å². The summed E-state index contributed by atoms with van der Waals surface area (Å²) < 4.78 is 0. The molecule has 0 aromatic carbocycles. The second-order valence-corrected chi connectivity index (χ2v) is 6.96. The lowest BCUT2D eigenvalue weighted by Gasteiger charge is -2.21. The van der Waals surface area contributed by atoms with Crippen LogP contribution in [-0.4, -0.2) is 49.5 Å². The van der Waals surface area contributed by atoms with E-state index in [4.69, 9.17) is 0 Å². The molecule has 0 aromatic heterocycles. The molecule has 5 nitrogen and oxygen atoms in total. The van der Waals surface area contributed by atoms with Crippen molar-refractivity contribution in [3.8, 4) is 0 Å². The van der Waals surface area contributed by atoms with Crippen molar-refractivity contribution in [3.63, 3.8) is 0 Å². The number of hydrogen-bond donors (Lipinski definition) is 2. The van der Waals surface area contributed by atoms with E-state index in [2.05, 4.69) is 27.4 Å². The number of nitrogens with zero attached hydrogens (tertiary/aromatic N) is 2. The summed E-state index contributed by atoms with van der Waals surface area (Å²) in [6.07, 6.45) is 10.7. The number of carbonyl (C=O) groups excluding carboxylic acids is 1. The molecule has 1 aliphatic heterocycles. The molecule has 0 aromatic rings. The number of aliphatic imine (C=N–C) groups is 1. The van der Waals surface area contributed by atoms with E-state index >= 15 is 0 Å². The lowest BCUT2D eigenvalue weighted by atomic mass is 10.1. The van der Waals surface area contributed by atoms with Crippen LogP contribution in [0.1, 0.15) is 64.7 Å². The van der Waals surface area contributed by atoms with Crippen LogP contribution >= 0.6 is 0 Å². The molecule has 2 fully saturated rings. The summed E-state index contributed by atoms with van der Waals surface area (Å²) in [5, 5.41) is 6.87. The lowest BCUT2D eigenvalue weighted by molar-refractivity contribution is -0.134. The van der Waals surface area contributed by atoms with E-state index < -0.39 is 0 Å². The van der Waals surface area contributed by atoms with Crippen LogP contribution in [0.5, 0.6) is 0 Å². The molecule has 1 amide bonds. The lowest BCUT2D eigenvalue weighted by Crippen LogP contribution is -2.45. The second-order valence-electron chi connectivity index (χ2n) is 6.96. The number of amides is 1. The average molecular weight is 322 g/mol. The highest BCUT2D eigenvalue weighted by Gasteiger charge is 2.32. The SMILES string of the molecule is CCCCCCNC(=NC)NC1CCN(C(=O)C2CCCC2)C1. The Kier molecular flexibility index (Phi) is 7.69. The molecule has 0 bridgehead atoms. The summed E-state index contributed by atoms with van der Waals surface area (Å²) in [6.45, 7) is 4.91. The van der Waals surface area contributed by atoms with Gasteiger partial charge in [-0.15, -0.1) is 0 Å². The van der Waals surface area contributed by atoms with Gasteiger partial charge in [0.05, 0.1) is 0 Å². The van der Waals surface area contributed by atoms with E-state index in [-0.39, 0.29) is 0 Å². The highest BCUT2D eigenvalue weighted by Crippen LogP contribution is 2.27. The molecule has 1 unspecified atom stereocenters. The smallest absolute Gasteiger partial charge is 0.225 e. The Morgan fingerprint density at radius 3 is 2.65 bits per heavy atom. The molecule has 2 aliphatic rings. The van der Waals surface area contributed by atoms with E-state index in [0.29, 0.717) is 17.9 Å². The van der Waals surface area contributed by atoms with Crippen LogP contribution in [0, 0.1) is 5.92 Å². The van der Waals surface area contributed by atoms with Crippen LogP contribution in [0.25, 0.3) is 0 Å². The van der Waals surface area contributed by atoms with Crippen LogP contribution in [0.4, 0.5) is 0 Å². The summed E-state index contributed by atoms with van der Waals surface area (Å²) in [7, 11) is 1.82. The van der Waals surface area contributed by atoms with Crippen LogP contribution in [0.2, 0.25) is 0 Å². The van der Waals surface area contributed by atoms with Crippen molar-refractivity contribution in [2.45, 2.75) is 70.8 Å². The molecular weight excluding hydrogens is 288 g/mol. The minimum Gasteiger partial charge on any atom is -0.356 e. The van der Waals surface area contributed by atoms with Gasteiger partial charge in [-0.1, -0.05) is 39.0 Å². The van der Waals surface area contributed by atoms with Gasteiger partial charge < -0.3 is 15.5 Å². The van der Waals surface area contributed by atoms with Crippen molar-refractivity contribution in [3.05, 3.63) is 0 Å². The topological polar surface area (TPSA) is 56.7 Å². The first kappa shape index (κ1) is 18.1. The molecule has 132 valence electrons. The summed E-state index contributed by atoms with van der Waals surface area (Å²) in [6, 6.07) is 0.335. The number of hydrogen-bond acceptors (Lipinski definition) is 2. The fraction of sp³-hybridized carbons (Fsp3) is 0.889. The van der Waals surface area contributed by atoms with E-state index in [0.717, 1.165) is 44.9 Å². The van der Waals surface area contributed by atoms with Gasteiger partial charge in [0.15, 0.2) is 5.96 Å². The maximum absolute atomic E-state index is 12.5. The largest absolute Gasteiger partial charge is 0.356 e. The zero-order valence-electron chi connectivity index (χ0n) is 14.9. The normalized spacial score (nSPS) is 22.6. The highest BCUT2D eigenvalue weighted by atomic mass is 16.2. The predicted octanol–water partition coefficient (Wildman–Crippen LogP) is 2.52. The van der Waals surface area contributed by atoms with Gasteiger partial charge in [0.1, 0.15) is 0 Å². The van der Waals surface area contributed by atoms with E-state index in [1.54, 1.807) is 0 Å². The highest BCUT2D eigenvalue weighted by molar-refractivity contribution is 5.81. The Balaban J connectivity index is 1.67. The van der Waals surface area contributed by atoms with Crippen molar-refractivity contribution >= 4 is 11.9 Å². The van der Waals surface area contributed by atoms with Gasteiger partial charge in [-0.2, -0.15) is 0 Å². The quantitative estimate of drug-likeness (QED) is 0.430. The molecule has 1 aliphatic carbocycles. The van der Waals surface area contributed by atoms with Crippen LogP contribution in [-0.2, 0) is 4.79 Å². The standard InChI is InChI=1S/C18H34N4O/c1-3-4-5-8-12-20-18(19-2)21-16-11-13-22(14-16)17(23)15-9-6-7-10-15/h15-16H,3-14H2,1-2H3,(H2,19,20,21). The molecule has 2 N–H and O–H groups in total. The van der Waals surface area contributed by atoms with Crippen molar-refractivity contribution in [1.29, 1.82) is 0 Å². The average Bonchev–Trinajstić information content (AvgIpc) is 3.24. The number of rotatable bonds is 7. The third-order valence-electron chi connectivity index (χ3n) is 5.09. The van der Waals surface area contributed by atoms with Crippen molar-refractivity contribution in [2.24, 2.45) is 10.9 Å². The fourth-order valence-electron chi connectivity index (χ4n) is 3.66. The van der Waals surface area contributed by atoms with Gasteiger partial charge in [0.25, 0.3) is 0 Å². The van der Waals surface area contributed by atoms with E-state index in [9.17, 15) is 4.79 Å². The van der Waals surface area contributed by atoms with Crippen molar-refractivity contribution in [2.75, 3.05) is 26.7 Å². The maximum Gasteiger partial charge on any atom is 0.225 e.